The van der Waals surface area contributed by atoms with Gasteiger partial charge in [-0.05, 0) is 53.1 Å². The van der Waals surface area contributed by atoms with Gasteiger partial charge < -0.3 is 14.4 Å². The van der Waals surface area contributed by atoms with Gasteiger partial charge >= 0.3 is 0 Å². The number of hydrogen-bond donors (Lipinski definition) is 2. The maximum Gasteiger partial charge on any atom is 0.0681 e. The van der Waals surface area contributed by atoms with Crippen LogP contribution in [0.3, 0.4) is 0 Å². The molecule has 0 heterocycles. The Hall–Kier alpha value is -2.47. The molecule has 5 heteroatoms. The summed E-state index contributed by atoms with van der Waals surface area (Å²) in [5.41, 5.74) is 4.91. The SMILES string of the molecule is O=S([O-])Nc1cccc(CC(Cc2ccccc2)c2cccc(CO)c2)c1. The van der Waals surface area contributed by atoms with Crippen LogP contribution in [-0.2, 0) is 30.7 Å². The molecule has 2 N–H and O–H groups in total. The highest BCUT2D eigenvalue weighted by molar-refractivity contribution is 7.80. The lowest BCUT2D eigenvalue weighted by Crippen LogP contribution is -2.08. The van der Waals surface area contributed by atoms with E-state index in [4.69, 9.17) is 0 Å². The zero-order valence-corrected chi connectivity index (χ0v) is 15.7. The summed E-state index contributed by atoms with van der Waals surface area (Å²) in [5.74, 6) is 0.215. The van der Waals surface area contributed by atoms with Crippen molar-refractivity contribution >= 4 is 17.0 Å². The highest BCUT2D eigenvalue weighted by atomic mass is 32.2. The zero-order chi connectivity index (χ0) is 19.1. The van der Waals surface area contributed by atoms with Gasteiger partial charge in [0.2, 0.25) is 0 Å². The van der Waals surface area contributed by atoms with Gasteiger partial charge in [-0.2, -0.15) is 0 Å². The molecular weight excluding hydrogens is 358 g/mol. The van der Waals surface area contributed by atoms with Crippen LogP contribution in [0.25, 0.3) is 0 Å². The molecule has 0 aliphatic carbocycles. The highest BCUT2D eigenvalue weighted by Gasteiger charge is 2.14. The van der Waals surface area contributed by atoms with Crippen LogP contribution in [-0.4, -0.2) is 13.9 Å². The van der Waals surface area contributed by atoms with Gasteiger partial charge in [0.25, 0.3) is 0 Å². The van der Waals surface area contributed by atoms with E-state index in [1.54, 1.807) is 6.07 Å². The molecule has 0 amide bonds. The average Bonchev–Trinajstić information content (AvgIpc) is 2.68. The van der Waals surface area contributed by atoms with Crippen molar-refractivity contribution < 1.29 is 13.9 Å². The van der Waals surface area contributed by atoms with E-state index in [0.29, 0.717) is 5.69 Å². The molecule has 3 aromatic carbocycles. The highest BCUT2D eigenvalue weighted by Crippen LogP contribution is 2.27. The Labute approximate surface area is 162 Å². The van der Waals surface area contributed by atoms with Crippen LogP contribution in [0.15, 0.2) is 78.9 Å². The second-order valence-corrected chi connectivity index (χ2v) is 7.20. The fourth-order valence-corrected chi connectivity index (χ4v) is 3.61. The summed E-state index contributed by atoms with van der Waals surface area (Å²) >= 11 is -2.34. The summed E-state index contributed by atoms with van der Waals surface area (Å²) in [5, 5.41) is 9.48. The smallest absolute Gasteiger partial charge is 0.0681 e. The molecule has 3 aromatic rings. The van der Waals surface area contributed by atoms with Gasteiger partial charge in [0.15, 0.2) is 0 Å². The molecule has 0 aromatic heterocycles. The topological polar surface area (TPSA) is 72.4 Å². The normalized spacial score (nSPS) is 13.1. The van der Waals surface area contributed by atoms with Crippen LogP contribution in [0.2, 0.25) is 0 Å². The summed E-state index contributed by atoms with van der Waals surface area (Å²) in [6.45, 7) is 0.0145. The van der Waals surface area contributed by atoms with E-state index in [1.165, 1.54) is 5.56 Å². The minimum atomic E-state index is -2.34. The number of hydrogen-bond acceptors (Lipinski definition) is 3. The van der Waals surface area contributed by atoms with E-state index in [2.05, 4.69) is 22.9 Å². The van der Waals surface area contributed by atoms with Crippen LogP contribution >= 0.6 is 0 Å². The number of benzene rings is 3. The Balaban J connectivity index is 1.88. The number of aliphatic hydroxyl groups excluding tert-OH is 1. The Bertz CT molecular complexity index is 899. The van der Waals surface area contributed by atoms with E-state index >= 15 is 0 Å². The largest absolute Gasteiger partial charge is 0.755 e. The van der Waals surface area contributed by atoms with Crippen molar-refractivity contribution in [2.75, 3.05) is 4.72 Å². The standard InChI is InChI=1S/C22H23NO3S/c24-16-19-9-4-10-20(14-19)21(12-17-6-2-1-3-7-17)13-18-8-5-11-22(15-18)23-27(25)26/h1-11,14-15,21,23-24H,12-13,16H2,(H,25,26)/p-1. The van der Waals surface area contributed by atoms with E-state index in [9.17, 15) is 13.9 Å². The third kappa shape index (κ3) is 5.76. The lowest BCUT2D eigenvalue weighted by atomic mass is 9.86. The number of nitrogens with one attached hydrogen (secondary N) is 1. The molecule has 0 saturated heterocycles. The summed E-state index contributed by atoms with van der Waals surface area (Å²) < 4.78 is 24.2. The minimum absolute atomic E-state index is 0.0145. The van der Waals surface area contributed by atoms with E-state index in [-0.39, 0.29) is 12.5 Å². The molecular formula is C22H22NO3S-. The summed E-state index contributed by atoms with van der Waals surface area (Å²) in [4.78, 5) is 0. The van der Waals surface area contributed by atoms with E-state index < -0.39 is 11.3 Å². The van der Waals surface area contributed by atoms with Crippen LogP contribution in [0.1, 0.15) is 28.2 Å². The third-order valence-electron chi connectivity index (χ3n) is 4.54. The molecule has 4 nitrogen and oxygen atoms in total. The second kappa shape index (κ2) is 9.46. The van der Waals surface area contributed by atoms with Gasteiger partial charge in [0.05, 0.1) is 6.61 Å². The Morgan fingerprint density at radius 3 is 2.26 bits per heavy atom. The van der Waals surface area contributed by atoms with Crippen LogP contribution in [0.5, 0.6) is 0 Å². The molecule has 0 aliphatic heterocycles. The molecule has 140 valence electrons. The van der Waals surface area contributed by atoms with Crippen molar-refractivity contribution in [1.82, 2.24) is 0 Å². The molecule has 0 bridgehead atoms. The molecule has 27 heavy (non-hydrogen) atoms. The maximum atomic E-state index is 10.9. The molecule has 0 saturated carbocycles. The second-order valence-electron chi connectivity index (χ2n) is 6.53. The Morgan fingerprint density at radius 1 is 0.852 bits per heavy atom. The Kier molecular flexibility index (Phi) is 6.76. The lowest BCUT2D eigenvalue weighted by molar-refractivity contribution is 0.281. The first-order valence-electron chi connectivity index (χ1n) is 8.82. The molecule has 0 radical (unpaired) electrons. The molecule has 0 fully saturated rings. The fraction of sp³-hybridized carbons (Fsp3) is 0.182. The number of anilines is 1. The van der Waals surface area contributed by atoms with Gasteiger partial charge in [-0.25, -0.2) is 0 Å². The quantitative estimate of drug-likeness (QED) is 0.581. The average molecular weight is 380 g/mol. The molecule has 0 aliphatic rings. The summed E-state index contributed by atoms with van der Waals surface area (Å²) in [7, 11) is 0. The maximum absolute atomic E-state index is 10.9. The van der Waals surface area contributed by atoms with Crippen molar-refractivity contribution in [3.05, 3.63) is 101 Å². The molecule has 2 atom stereocenters. The number of aliphatic hydroxyl groups is 1. The summed E-state index contributed by atoms with van der Waals surface area (Å²) in [6, 6.07) is 25.8. The van der Waals surface area contributed by atoms with Gasteiger partial charge in [-0.3, -0.25) is 4.21 Å². The first kappa shape index (κ1) is 19.3. The van der Waals surface area contributed by atoms with Crippen LogP contribution < -0.4 is 4.72 Å². The Morgan fingerprint density at radius 2 is 1.52 bits per heavy atom. The predicted octanol–water partition coefficient (Wildman–Crippen LogP) is 3.95. The predicted molar refractivity (Wildman–Crippen MR) is 108 cm³/mol. The lowest BCUT2D eigenvalue weighted by Gasteiger charge is -2.19. The van der Waals surface area contributed by atoms with Crippen molar-refractivity contribution in [2.45, 2.75) is 25.4 Å². The van der Waals surface area contributed by atoms with Gasteiger partial charge in [-0.15, -0.1) is 0 Å². The van der Waals surface area contributed by atoms with E-state index in [0.717, 1.165) is 29.5 Å². The van der Waals surface area contributed by atoms with Gasteiger partial charge in [-0.1, -0.05) is 66.7 Å². The first-order chi connectivity index (χ1) is 13.1. The molecule has 2 unspecified atom stereocenters. The van der Waals surface area contributed by atoms with Crippen molar-refractivity contribution in [2.24, 2.45) is 0 Å². The molecule has 3 rings (SSSR count). The van der Waals surface area contributed by atoms with E-state index in [1.807, 2.05) is 54.6 Å². The number of rotatable bonds is 8. The minimum Gasteiger partial charge on any atom is -0.755 e. The van der Waals surface area contributed by atoms with Crippen molar-refractivity contribution in [1.29, 1.82) is 0 Å². The molecule has 0 spiro atoms. The van der Waals surface area contributed by atoms with Crippen LogP contribution in [0, 0.1) is 0 Å². The monoisotopic (exact) mass is 380 g/mol. The van der Waals surface area contributed by atoms with Crippen molar-refractivity contribution in [3.8, 4) is 0 Å². The van der Waals surface area contributed by atoms with Gasteiger partial charge in [0.1, 0.15) is 0 Å². The van der Waals surface area contributed by atoms with Gasteiger partial charge in [0, 0.05) is 17.0 Å². The van der Waals surface area contributed by atoms with Crippen LogP contribution in [0.4, 0.5) is 5.69 Å². The summed E-state index contributed by atoms with van der Waals surface area (Å²) in [6.07, 6.45) is 1.63. The fourth-order valence-electron chi connectivity index (χ4n) is 3.29. The van der Waals surface area contributed by atoms with Crippen molar-refractivity contribution in [3.63, 3.8) is 0 Å². The zero-order valence-electron chi connectivity index (χ0n) is 14.9. The third-order valence-corrected chi connectivity index (χ3v) is 4.94. The first-order valence-corrected chi connectivity index (χ1v) is 9.90.